The van der Waals surface area contributed by atoms with Gasteiger partial charge in [-0.3, -0.25) is 4.79 Å². The van der Waals surface area contributed by atoms with Crippen molar-refractivity contribution < 1.29 is 14.1 Å². The Labute approximate surface area is 140 Å². The zero-order valence-corrected chi connectivity index (χ0v) is 14.0. The van der Waals surface area contributed by atoms with Crippen LogP contribution < -0.4 is 4.74 Å². The maximum absolute atomic E-state index is 12.6. The summed E-state index contributed by atoms with van der Waals surface area (Å²) < 4.78 is 10.4. The predicted molar refractivity (Wildman–Crippen MR) is 91.9 cm³/mol. The molecule has 3 aromatic rings. The fourth-order valence-corrected chi connectivity index (χ4v) is 2.66. The zero-order valence-electron chi connectivity index (χ0n) is 14.0. The van der Waals surface area contributed by atoms with Crippen molar-refractivity contribution >= 4 is 16.9 Å². The number of rotatable bonds is 5. The summed E-state index contributed by atoms with van der Waals surface area (Å²) in [6.45, 7) is 2.00. The summed E-state index contributed by atoms with van der Waals surface area (Å²) in [5, 5.41) is 4.92. The molecule has 0 bridgehead atoms. The summed E-state index contributed by atoms with van der Waals surface area (Å²) in [7, 11) is 3.44. The fraction of sp³-hybridized carbons (Fsp3) is 0.263. The van der Waals surface area contributed by atoms with Crippen molar-refractivity contribution in [2.45, 2.75) is 19.4 Å². The lowest BCUT2D eigenvalue weighted by molar-refractivity contribution is -0.131. The summed E-state index contributed by atoms with van der Waals surface area (Å²) in [6, 6.07) is 15.3. The van der Waals surface area contributed by atoms with E-state index >= 15 is 0 Å². The van der Waals surface area contributed by atoms with Gasteiger partial charge in [-0.15, -0.1) is 0 Å². The Morgan fingerprint density at radius 2 is 1.92 bits per heavy atom. The fourth-order valence-electron chi connectivity index (χ4n) is 2.66. The highest BCUT2D eigenvalue weighted by atomic mass is 16.5. The third-order valence-corrected chi connectivity index (χ3v) is 4.34. The van der Waals surface area contributed by atoms with Crippen LogP contribution in [0.5, 0.6) is 5.75 Å². The molecular formula is C19H20N2O3. The molecule has 0 spiro atoms. The SMILES string of the molecule is COc1ccc(C(C)N(C)C(=O)Cc2noc3ccccc23)cc1. The highest BCUT2D eigenvalue weighted by Gasteiger charge is 2.20. The maximum Gasteiger partial charge on any atom is 0.228 e. The molecule has 0 fully saturated rings. The van der Waals surface area contributed by atoms with Gasteiger partial charge in [-0.2, -0.15) is 0 Å². The molecule has 0 aliphatic heterocycles. The maximum atomic E-state index is 12.6. The molecule has 0 radical (unpaired) electrons. The van der Waals surface area contributed by atoms with Gasteiger partial charge in [-0.05, 0) is 36.8 Å². The number of carbonyl (C=O) groups is 1. The van der Waals surface area contributed by atoms with Crippen LogP contribution in [-0.4, -0.2) is 30.1 Å². The molecule has 2 aromatic carbocycles. The molecule has 5 nitrogen and oxygen atoms in total. The Hall–Kier alpha value is -2.82. The summed E-state index contributed by atoms with van der Waals surface area (Å²) in [6.07, 6.45) is 0.216. The topological polar surface area (TPSA) is 55.6 Å². The molecule has 5 heteroatoms. The monoisotopic (exact) mass is 324 g/mol. The van der Waals surface area contributed by atoms with E-state index in [0.29, 0.717) is 11.3 Å². The molecule has 0 saturated heterocycles. The lowest BCUT2D eigenvalue weighted by Gasteiger charge is -2.25. The van der Waals surface area contributed by atoms with Gasteiger partial charge in [0.1, 0.15) is 11.4 Å². The molecule has 3 rings (SSSR count). The molecule has 1 atom stereocenters. The lowest BCUT2D eigenvalue weighted by Crippen LogP contribution is -2.31. The first-order valence-electron chi connectivity index (χ1n) is 7.83. The van der Waals surface area contributed by atoms with Crippen LogP contribution in [0.4, 0.5) is 0 Å². The minimum atomic E-state index is -0.0402. The molecule has 0 saturated carbocycles. The van der Waals surface area contributed by atoms with E-state index in [9.17, 15) is 4.79 Å². The van der Waals surface area contributed by atoms with E-state index in [4.69, 9.17) is 9.26 Å². The normalized spacial score (nSPS) is 12.1. The summed E-state index contributed by atoms with van der Waals surface area (Å²) in [5.41, 5.74) is 2.42. The first-order chi connectivity index (χ1) is 11.6. The molecule has 1 heterocycles. The van der Waals surface area contributed by atoms with Crippen LogP contribution in [-0.2, 0) is 11.2 Å². The van der Waals surface area contributed by atoms with Crippen LogP contribution in [0.3, 0.4) is 0 Å². The molecule has 1 amide bonds. The molecule has 0 aliphatic rings. The average molecular weight is 324 g/mol. The van der Waals surface area contributed by atoms with Gasteiger partial charge >= 0.3 is 0 Å². The number of carbonyl (C=O) groups excluding carboxylic acids is 1. The number of hydrogen-bond acceptors (Lipinski definition) is 4. The van der Waals surface area contributed by atoms with E-state index in [1.54, 1.807) is 19.1 Å². The van der Waals surface area contributed by atoms with Crippen molar-refractivity contribution in [2.24, 2.45) is 0 Å². The van der Waals surface area contributed by atoms with Crippen molar-refractivity contribution in [1.29, 1.82) is 0 Å². The van der Waals surface area contributed by atoms with Gasteiger partial charge in [0.05, 0.1) is 19.6 Å². The van der Waals surface area contributed by atoms with Gasteiger partial charge in [0.15, 0.2) is 5.58 Å². The van der Waals surface area contributed by atoms with Gasteiger partial charge in [-0.25, -0.2) is 0 Å². The van der Waals surface area contributed by atoms with E-state index < -0.39 is 0 Å². The van der Waals surface area contributed by atoms with E-state index in [1.807, 2.05) is 55.5 Å². The minimum Gasteiger partial charge on any atom is -0.497 e. The second-order valence-electron chi connectivity index (χ2n) is 5.76. The van der Waals surface area contributed by atoms with Gasteiger partial charge in [0, 0.05) is 12.4 Å². The van der Waals surface area contributed by atoms with Gasteiger partial charge in [-0.1, -0.05) is 29.4 Å². The van der Waals surface area contributed by atoms with Crippen LogP contribution in [0.2, 0.25) is 0 Å². The number of methoxy groups -OCH3 is 1. The molecular weight excluding hydrogens is 304 g/mol. The van der Waals surface area contributed by atoms with E-state index in [1.165, 1.54) is 0 Å². The highest BCUT2D eigenvalue weighted by Crippen LogP contribution is 2.23. The number of hydrogen-bond donors (Lipinski definition) is 0. The first kappa shape index (κ1) is 16.1. The summed E-state index contributed by atoms with van der Waals surface area (Å²) in [5.74, 6) is 0.798. The number of aromatic nitrogens is 1. The number of benzene rings is 2. The van der Waals surface area contributed by atoms with Crippen molar-refractivity contribution in [3.05, 3.63) is 59.8 Å². The quantitative estimate of drug-likeness (QED) is 0.719. The third kappa shape index (κ3) is 3.11. The van der Waals surface area contributed by atoms with Crippen LogP contribution >= 0.6 is 0 Å². The number of nitrogens with zero attached hydrogens (tertiary/aromatic N) is 2. The van der Waals surface area contributed by atoms with Gasteiger partial charge in [0.2, 0.25) is 5.91 Å². The van der Waals surface area contributed by atoms with Gasteiger partial charge < -0.3 is 14.2 Å². The Morgan fingerprint density at radius 1 is 1.21 bits per heavy atom. The summed E-state index contributed by atoms with van der Waals surface area (Å²) in [4.78, 5) is 14.3. The molecule has 1 unspecified atom stereocenters. The van der Waals surface area contributed by atoms with Crippen molar-refractivity contribution in [3.8, 4) is 5.75 Å². The molecule has 1 aromatic heterocycles. The lowest BCUT2D eigenvalue weighted by atomic mass is 10.1. The van der Waals surface area contributed by atoms with Crippen molar-refractivity contribution in [3.63, 3.8) is 0 Å². The number of likely N-dealkylation sites (N-methyl/N-ethyl adjacent to an activating group) is 1. The highest BCUT2D eigenvalue weighted by molar-refractivity contribution is 5.86. The molecule has 0 aliphatic carbocycles. The van der Waals surface area contributed by atoms with E-state index in [2.05, 4.69) is 5.16 Å². The van der Waals surface area contributed by atoms with Crippen LogP contribution in [0.25, 0.3) is 11.0 Å². The predicted octanol–water partition coefficient (Wildman–Crippen LogP) is 3.60. The van der Waals surface area contributed by atoms with E-state index in [0.717, 1.165) is 16.7 Å². The van der Waals surface area contributed by atoms with Crippen LogP contribution in [0.1, 0.15) is 24.2 Å². The smallest absolute Gasteiger partial charge is 0.228 e. The third-order valence-electron chi connectivity index (χ3n) is 4.34. The molecule has 124 valence electrons. The van der Waals surface area contributed by atoms with Crippen LogP contribution in [0.15, 0.2) is 53.1 Å². The number of para-hydroxylation sites is 1. The Bertz CT molecular complexity index is 839. The standard InChI is InChI=1S/C19H20N2O3/c1-13(14-8-10-15(23-3)11-9-14)21(2)19(22)12-17-16-6-4-5-7-18(16)24-20-17/h4-11,13H,12H2,1-3H3. The summed E-state index contributed by atoms with van der Waals surface area (Å²) >= 11 is 0. The molecule has 0 N–H and O–H groups in total. The minimum absolute atomic E-state index is 0.00243. The van der Waals surface area contributed by atoms with Crippen molar-refractivity contribution in [2.75, 3.05) is 14.2 Å². The average Bonchev–Trinajstić information content (AvgIpc) is 3.03. The second kappa shape index (κ2) is 6.74. The Balaban J connectivity index is 1.73. The Kier molecular flexibility index (Phi) is 4.51. The van der Waals surface area contributed by atoms with E-state index in [-0.39, 0.29) is 18.4 Å². The van der Waals surface area contributed by atoms with Crippen LogP contribution in [0, 0.1) is 0 Å². The first-order valence-corrected chi connectivity index (χ1v) is 7.83. The second-order valence-corrected chi connectivity index (χ2v) is 5.76. The number of ether oxygens (including phenoxy) is 1. The number of fused-ring (bicyclic) bond motifs is 1. The largest absolute Gasteiger partial charge is 0.497 e. The van der Waals surface area contributed by atoms with Gasteiger partial charge in [0.25, 0.3) is 0 Å². The zero-order chi connectivity index (χ0) is 17.1. The Morgan fingerprint density at radius 3 is 2.62 bits per heavy atom. The van der Waals surface area contributed by atoms with Crippen molar-refractivity contribution in [1.82, 2.24) is 10.1 Å². The molecule has 24 heavy (non-hydrogen) atoms. The number of amides is 1.